The zero-order valence-electron chi connectivity index (χ0n) is 24.9. The SMILES string of the molecule is CC(C)(C)C(=O)N1CCCC1C(=O)N[C@H](Cc1ccc2ccccc2c1)C(=O)NCC(O)CNCc1cccnc1.Cl.Cl. The number of benzene rings is 2. The monoisotopic (exact) mass is 631 g/mol. The lowest BCUT2D eigenvalue weighted by Gasteiger charge is -2.31. The second-order valence-electron chi connectivity index (χ2n) is 11.7. The molecular weight excluding hydrogens is 589 g/mol. The largest absolute Gasteiger partial charge is 0.390 e. The molecule has 2 unspecified atom stereocenters. The minimum Gasteiger partial charge on any atom is -0.390 e. The maximum Gasteiger partial charge on any atom is 0.243 e. The van der Waals surface area contributed by atoms with E-state index in [2.05, 4.69) is 20.9 Å². The van der Waals surface area contributed by atoms with E-state index in [-0.39, 0.29) is 62.0 Å². The number of hydrogen-bond acceptors (Lipinski definition) is 6. The number of carbonyl (C=O) groups is 3. The summed E-state index contributed by atoms with van der Waals surface area (Å²) >= 11 is 0. The third kappa shape index (κ3) is 10.2. The summed E-state index contributed by atoms with van der Waals surface area (Å²) in [4.78, 5) is 45.6. The molecule has 3 aromatic rings. The molecule has 0 bridgehead atoms. The van der Waals surface area contributed by atoms with E-state index < -0.39 is 23.6 Å². The van der Waals surface area contributed by atoms with E-state index >= 15 is 0 Å². The molecule has 2 heterocycles. The fourth-order valence-electron chi connectivity index (χ4n) is 5.09. The molecule has 1 aliphatic rings. The average Bonchev–Trinajstić information content (AvgIpc) is 3.45. The van der Waals surface area contributed by atoms with Crippen molar-refractivity contribution in [2.75, 3.05) is 19.6 Å². The van der Waals surface area contributed by atoms with Crippen molar-refractivity contribution in [1.82, 2.24) is 25.8 Å². The predicted octanol–water partition coefficient (Wildman–Crippen LogP) is 3.41. The highest BCUT2D eigenvalue weighted by atomic mass is 35.5. The topological polar surface area (TPSA) is 124 Å². The summed E-state index contributed by atoms with van der Waals surface area (Å²) in [5.41, 5.74) is 1.29. The molecule has 11 heteroatoms. The van der Waals surface area contributed by atoms with Crippen molar-refractivity contribution in [3.05, 3.63) is 78.1 Å². The molecule has 0 saturated carbocycles. The zero-order valence-corrected chi connectivity index (χ0v) is 26.5. The third-order valence-electron chi connectivity index (χ3n) is 7.29. The molecule has 4 rings (SSSR count). The Kier molecular flexibility index (Phi) is 13.9. The Labute approximate surface area is 266 Å². The number of amides is 3. The van der Waals surface area contributed by atoms with Gasteiger partial charge in [0.2, 0.25) is 17.7 Å². The number of likely N-dealkylation sites (tertiary alicyclic amines) is 1. The van der Waals surface area contributed by atoms with Crippen LogP contribution in [0.5, 0.6) is 0 Å². The van der Waals surface area contributed by atoms with Crippen molar-refractivity contribution in [1.29, 1.82) is 0 Å². The summed E-state index contributed by atoms with van der Waals surface area (Å²) in [5.74, 6) is -0.795. The number of rotatable bonds is 11. The van der Waals surface area contributed by atoms with Gasteiger partial charge in [0, 0.05) is 50.4 Å². The van der Waals surface area contributed by atoms with Gasteiger partial charge in [-0.15, -0.1) is 24.8 Å². The first kappa shape index (κ1) is 36.0. The van der Waals surface area contributed by atoms with Crippen molar-refractivity contribution < 1.29 is 19.5 Å². The summed E-state index contributed by atoms with van der Waals surface area (Å²) in [6, 6.07) is 16.2. The Morgan fingerprint density at radius 1 is 1.00 bits per heavy atom. The van der Waals surface area contributed by atoms with Gasteiger partial charge in [0.25, 0.3) is 0 Å². The van der Waals surface area contributed by atoms with Gasteiger partial charge in [0.15, 0.2) is 0 Å². The van der Waals surface area contributed by atoms with E-state index in [0.29, 0.717) is 19.5 Å². The summed E-state index contributed by atoms with van der Waals surface area (Å²) in [7, 11) is 0. The van der Waals surface area contributed by atoms with Gasteiger partial charge in [-0.05, 0) is 40.8 Å². The number of aromatic nitrogens is 1. The van der Waals surface area contributed by atoms with Crippen LogP contribution < -0.4 is 16.0 Å². The molecular formula is C32H43Cl2N5O4. The quantitative estimate of drug-likeness (QED) is 0.257. The Balaban J connectivity index is 0.00000323. The molecule has 0 aliphatic carbocycles. The molecule has 3 amide bonds. The molecule has 234 valence electrons. The molecule has 1 saturated heterocycles. The Morgan fingerprint density at radius 3 is 2.44 bits per heavy atom. The van der Waals surface area contributed by atoms with Crippen LogP contribution in [0.4, 0.5) is 0 Å². The van der Waals surface area contributed by atoms with Gasteiger partial charge in [-0.3, -0.25) is 19.4 Å². The number of nitrogens with one attached hydrogen (secondary N) is 3. The summed E-state index contributed by atoms with van der Waals surface area (Å²) in [6.07, 6.45) is 4.20. The highest BCUT2D eigenvalue weighted by Crippen LogP contribution is 2.26. The number of aliphatic hydroxyl groups excluding tert-OH is 1. The van der Waals surface area contributed by atoms with Crippen LogP contribution in [-0.2, 0) is 27.3 Å². The standard InChI is InChI=1S/C32H41N5O4.2ClH/c1-32(2,3)31(41)37-15-7-11-28(37)30(40)36-27(17-22-12-13-24-9-4-5-10-25(24)16-22)29(39)35-21-26(38)20-34-19-23-8-6-14-33-18-23;;/h4-6,8-10,12-14,16,18,26-28,34,38H,7,11,15,17,19-21H2,1-3H3,(H,35,39)(H,36,40);2*1H/t26?,27-,28?;;/m1../s1. The fraction of sp³-hybridized carbons (Fsp3) is 0.438. The smallest absolute Gasteiger partial charge is 0.243 e. The molecule has 9 nitrogen and oxygen atoms in total. The minimum absolute atomic E-state index is 0. The highest BCUT2D eigenvalue weighted by Gasteiger charge is 2.39. The van der Waals surface area contributed by atoms with Crippen LogP contribution in [0.2, 0.25) is 0 Å². The lowest BCUT2D eigenvalue weighted by molar-refractivity contribution is -0.145. The summed E-state index contributed by atoms with van der Waals surface area (Å²) < 4.78 is 0. The number of aliphatic hydroxyl groups is 1. The lowest BCUT2D eigenvalue weighted by Crippen LogP contribution is -2.55. The molecule has 1 fully saturated rings. The normalized spacial score (nSPS) is 16.0. The average molecular weight is 633 g/mol. The van der Waals surface area contributed by atoms with E-state index in [4.69, 9.17) is 0 Å². The van der Waals surface area contributed by atoms with Crippen LogP contribution in [0.25, 0.3) is 10.8 Å². The van der Waals surface area contributed by atoms with E-state index in [1.165, 1.54) is 0 Å². The molecule has 0 spiro atoms. The van der Waals surface area contributed by atoms with E-state index in [0.717, 1.165) is 28.3 Å². The first-order valence-corrected chi connectivity index (χ1v) is 14.3. The maximum atomic E-state index is 13.5. The van der Waals surface area contributed by atoms with Crippen LogP contribution in [0.3, 0.4) is 0 Å². The summed E-state index contributed by atoms with van der Waals surface area (Å²) in [5, 5.41) is 21.5. The van der Waals surface area contributed by atoms with Crippen LogP contribution in [0, 0.1) is 5.41 Å². The Morgan fingerprint density at radius 2 is 1.74 bits per heavy atom. The van der Waals surface area contributed by atoms with Gasteiger partial charge in [-0.1, -0.05) is 69.3 Å². The maximum absolute atomic E-state index is 13.5. The van der Waals surface area contributed by atoms with Gasteiger partial charge in [-0.25, -0.2) is 0 Å². The first-order chi connectivity index (χ1) is 19.6. The third-order valence-corrected chi connectivity index (χ3v) is 7.29. The van der Waals surface area contributed by atoms with Gasteiger partial charge >= 0.3 is 0 Å². The zero-order chi connectivity index (χ0) is 29.4. The first-order valence-electron chi connectivity index (χ1n) is 14.3. The number of fused-ring (bicyclic) bond motifs is 1. The highest BCUT2D eigenvalue weighted by molar-refractivity contribution is 5.93. The number of hydrogen-bond donors (Lipinski definition) is 4. The van der Waals surface area contributed by atoms with Crippen molar-refractivity contribution in [3.8, 4) is 0 Å². The number of carbonyl (C=O) groups excluding carboxylic acids is 3. The van der Waals surface area contributed by atoms with Crippen molar-refractivity contribution >= 4 is 53.3 Å². The van der Waals surface area contributed by atoms with E-state index in [1.807, 2.05) is 75.4 Å². The second-order valence-corrected chi connectivity index (χ2v) is 11.7. The summed E-state index contributed by atoms with van der Waals surface area (Å²) in [6.45, 7) is 6.91. The molecule has 2 aromatic carbocycles. The van der Waals surface area contributed by atoms with E-state index in [1.54, 1.807) is 17.3 Å². The van der Waals surface area contributed by atoms with Crippen LogP contribution in [0.15, 0.2) is 67.0 Å². The molecule has 43 heavy (non-hydrogen) atoms. The van der Waals surface area contributed by atoms with E-state index in [9.17, 15) is 19.5 Å². The van der Waals surface area contributed by atoms with Crippen LogP contribution in [-0.4, -0.2) is 70.5 Å². The lowest BCUT2D eigenvalue weighted by atomic mass is 9.94. The second kappa shape index (κ2) is 16.6. The van der Waals surface area contributed by atoms with Gasteiger partial charge < -0.3 is 26.0 Å². The number of halogens is 2. The predicted molar refractivity (Wildman–Crippen MR) is 173 cm³/mol. The van der Waals surface area contributed by atoms with Gasteiger partial charge in [0.1, 0.15) is 12.1 Å². The number of nitrogens with zero attached hydrogens (tertiary/aromatic N) is 2. The molecule has 1 aliphatic heterocycles. The minimum atomic E-state index is -0.869. The Bertz CT molecular complexity index is 1350. The molecule has 3 atom stereocenters. The molecule has 4 N–H and O–H groups in total. The van der Waals surface area contributed by atoms with Crippen molar-refractivity contribution in [2.45, 2.75) is 64.8 Å². The van der Waals surface area contributed by atoms with Gasteiger partial charge in [-0.2, -0.15) is 0 Å². The number of pyridine rings is 1. The van der Waals surface area contributed by atoms with Crippen LogP contribution >= 0.6 is 24.8 Å². The molecule has 0 radical (unpaired) electrons. The Hall–Kier alpha value is -3.24. The van der Waals surface area contributed by atoms with Crippen LogP contribution in [0.1, 0.15) is 44.7 Å². The fourth-order valence-corrected chi connectivity index (χ4v) is 5.09. The van der Waals surface area contributed by atoms with Crippen molar-refractivity contribution in [2.24, 2.45) is 5.41 Å². The molecule has 1 aromatic heterocycles. The van der Waals surface area contributed by atoms with Gasteiger partial charge in [0.05, 0.1) is 6.10 Å². The van der Waals surface area contributed by atoms with Crippen molar-refractivity contribution in [3.63, 3.8) is 0 Å².